The first kappa shape index (κ1) is 24.4. The normalized spacial score (nSPS) is 11.5. The molecule has 0 heterocycles. The van der Waals surface area contributed by atoms with Gasteiger partial charge in [-0.3, -0.25) is 5.43 Å². The first-order chi connectivity index (χ1) is 14.6. The van der Waals surface area contributed by atoms with Gasteiger partial charge in [-0.25, -0.2) is 12.7 Å². The Morgan fingerprint density at radius 1 is 1.06 bits per heavy atom. The summed E-state index contributed by atoms with van der Waals surface area (Å²) in [6.45, 7) is 1.84. The number of benzene rings is 2. The largest absolute Gasteiger partial charge is 0.493 e. The van der Waals surface area contributed by atoms with E-state index in [2.05, 4.69) is 15.8 Å². The third kappa shape index (κ3) is 5.84. The minimum absolute atomic E-state index is 0.161. The molecule has 0 aliphatic heterocycles. The predicted molar refractivity (Wildman–Crippen MR) is 125 cm³/mol. The summed E-state index contributed by atoms with van der Waals surface area (Å²) in [5, 5.41) is 7.28. The van der Waals surface area contributed by atoms with E-state index in [4.69, 9.17) is 26.4 Å². The van der Waals surface area contributed by atoms with Crippen LogP contribution in [0, 0.1) is 6.92 Å². The van der Waals surface area contributed by atoms with Gasteiger partial charge in [0.15, 0.2) is 16.6 Å². The molecule has 0 saturated heterocycles. The molecular weight excluding hydrogens is 440 g/mol. The fourth-order valence-electron chi connectivity index (χ4n) is 2.60. The number of methoxy groups -OCH3 is 3. The summed E-state index contributed by atoms with van der Waals surface area (Å²) in [4.78, 5) is 0.161. The van der Waals surface area contributed by atoms with Crippen molar-refractivity contribution >= 4 is 39.3 Å². The first-order valence-corrected chi connectivity index (χ1v) is 10.9. The number of ether oxygens (including phenoxy) is 3. The van der Waals surface area contributed by atoms with Crippen molar-refractivity contribution in [2.24, 2.45) is 5.10 Å². The molecule has 2 rings (SSSR count). The van der Waals surface area contributed by atoms with E-state index in [0.717, 1.165) is 9.87 Å². The number of nitrogens with zero attached hydrogens (tertiary/aromatic N) is 2. The SMILES string of the molecule is COc1cc(C=NNC(=S)Nc2cc(S(=O)(=O)N(C)C)ccc2C)cc(OC)c1OC. The topological polar surface area (TPSA) is 101 Å². The number of hydrazone groups is 1. The van der Waals surface area contributed by atoms with Crippen LogP contribution in [0.5, 0.6) is 17.2 Å². The molecule has 0 fully saturated rings. The van der Waals surface area contributed by atoms with E-state index in [9.17, 15) is 8.42 Å². The van der Waals surface area contributed by atoms with Crippen molar-refractivity contribution in [2.45, 2.75) is 11.8 Å². The highest BCUT2D eigenvalue weighted by atomic mass is 32.2. The van der Waals surface area contributed by atoms with Crippen molar-refractivity contribution in [3.05, 3.63) is 41.5 Å². The minimum atomic E-state index is -3.56. The monoisotopic (exact) mass is 466 g/mol. The standard InChI is InChI=1S/C20H26N4O5S2/c1-13-7-8-15(31(25,26)24(2)3)11-16(13)22-20(30)23-21-12-14-9-17(27-4)19(29-6)18(10-14)28-5/h7-12H,1-6H3,(H2,22,23,30). The zero-order valence-electron chi connectivity index (χ0n) is 18.2. The average molecular weight is 467 g/mol. The molecule has 0 aromatic heterocycles. The molecule has 0 saturated carbocycles. The van der Waals surface area contributed by atoms with E-state index >= 15 is 0 Å². The third-order valence-electron chi connectivity index (χ3n) is 4.30. The number of aryl methyl sites for hydroxylation is 1. The Morgan fingerprint density at radius 3 is 2.19 bits per heavy atom. The third-order valence-corrected chi connectivity index (χ3v) is 6.31. The van der Waals surface area contributed by atoms with Crippen LogP contribution in [0.1, 0.15) is 11.1 Å². The molecule has 2 aromatic rings. The summed E-state index contributed by atoms with van der Waals surface area (Å²) in [7, 11) is 3.99. The summed E-state index contributed by atoms with van der Waals surface area (Å²) < 4.78 is 41.8. The van der Waals surface area contributed by atoms with Crippen molar-refractivity contribution < 1.29 is 22.6 Å². The maximum atomic E-state index is 12.4. The van der Waals surface area contributed by atoms with Crippen molar-refractivity contribution in [1.29, 1.82) is 0 Å². The van der Waals surface area contributed by atoms with E-state index in [1.807, 2.05) is 6.92 Å². The van der Waals surface area contributed by atoms with Gasteiger partial charge in [0.1, 0.15) is 0 Å². The lowest BCUT2D eigenvalue weighted by Crippen LogP contribution is -2.25. The Balaban J connectivity index is 2.15. The molecule has 2 N–H and O–H groups in total. The number of anilines is 1. The highest BCUT2D eigenvalue weighted by molar-refractivity contribution is 7.89. The van der Waals surface area contributed by atoms with Gasteiger partial charge < -0.3 is 19.5 Å². The smallest absolute Gasteiger partial charge is 0.242 e. The van der Waals surface area contributed by atoms with E-state index in [1.54, 1.807) is 24.3 Å². The van der Waals surface area contributed by atoms with E-state index in [-0.39, 0.29) is 10.0 Å². The molecule has 0 amide bonds. The van der Waals surface area contributed by atoms with Gasteiger partial charge >= 0.3 is 0 Å². The van der Waals surface area contributed by atoms with Gasteiger partial charge in [0.2, 0.25) is 15.8 Å². The zero-order chi connectivity index (χ0) is 23.2. The maximum absolute atomic E-state index is 12.4. The van der Waals surface area contributed by atoms with Crippen molar-refractivity contribution in [3.63, 3.8) is 0 Å². The summed E-state index contributed by atoms with van der Waals surface area (Å²) in [5.41, 5.74) is 4.79. The van der Waals surface area contributed by atoms with Crippen LogP contribution < -0.4 is 25.0 Å². The molecule has 0 atom stereocenters. The average Bonchev–Trinajstić information content (AvgIpc) is 2.74. The lowest BCUT2D eigenvalue weighted by molar-refractivity contribution is 0.324. The molecule has 11 heteroatoms. The molecule has 9 nitrogen and oxygen atoms in total. The van der Waals surface area contributed by atoms with E-state index in [1.165, 1.54) is 47.7 Å². The van der Waals surface area contributed by atoms with Crippen LogP contribution in [0.3, 0.4) is 0 Å². The van der Waals surface area contributed by atoms with Crippen LogP contribution in [0.15, 0.2) is 40.3 Å². The first-order valence-electron chi connectivity index (χ1n) is 9.07. The second-order valence-electron chi connectivity index (χ2n) is 6.55. The highest BCUT2D eigenvalue weighted by Gasteiger charge is 2.18. The van der Waals surface area contributed by atoms with Crippen LogP contribution in [0.4, 0.5) is 5.69 Å². The summed E-state index contributed by atoms with van der Waals surface area (Å²) in [6, 6.07) is 8.27. The van der Waals surface area contributed by atoms with Crippen LogP contribution >= 0.6 is 12.2 Å². The molecule has 0 aliphatic carbocycles. The second-order valence-corrected chi connectivity index (χ2v) is 9.11. The molecule has 31 heavy (non-hydrogen) atoms. The Hall–Kier alpha value is -2.89. The summed E-state index contributed by atoms with van der Waals surface area (Å²) in [6.07, 6.45) is 1.54. The number of hydrogen-bond acceptors (Lipinski definition) is 7. The van der Waals surface area contributed by atoms with Crippen LogP contribution in [-0.2, 0) is 10.0 Å². The molecule has 0 bridgehead atoms. The lowest BCUT2D eigenvalue weighted by atomic mass is 10.2. The van der Waals surface area contributed by atoms with E-state index in [0.29, 0.717) is 28.5 Å². The molecule has 2 aromatic carbocycles. The van der Waals surface area contributed by atoms with E-state index < -0.39 is 10.0 Å². The van der Waals surface area contributed by atoms with Crippen LogP contribution in [0.2, 0.25) is 0 Å². The highest BCUT2D eigenvalue weighted by Crippen LogP contribution is 2.37. The molecule has 0 unspecified atom stereocenters. The van der Waals surface area contributed by atoms with Crippen molar-refractivity contribution in [2.75, 3.05) is 40.7 Å². The number of nitrogens with one attached hydrogen (secondary N) is 2. The minimum Gasteiger partial charge on any atom is -0.493 e. The van der Waals surface area contributed by atoms with Gasteiger partial charge in [-0.1, -0.05) is 6.07 Å². The molecule has 0 radical (unpaired) electrons. The Bertz CT molecular complexity index is 1060. The fraction of sp³-hybridized carbons (Fsp3) is 0.300. The molecule has 168 valence electrons. The van der Waals surface area contributed by atoms with Gasteiger partial charge in [0.25, 0.3) is 0 Å². The van der Waals surface area contributed by atoms with Crippen molar-refractivity contribution in [3.8, 4) is 17.2 Å². The summed E-state index contributed by atoms with van der Waals surface area (Å²) in [5.74, 6) is 1.48. The van der Waals surface area contributed by atoms with Gasteiger partial charge in [-0.2, -0.15) is 5.10 Å². The Morgan fingerprint density at radius 2 is 1.68 bits per heavy atom. The van der Waals surface area contributed by atoms with Crippen molar-refractivity contribution in [1.82, 2.24) is 9.73 Å². The quantitative estimate of drug-likeness (QED) is 0.348. The Kier molecular flexibility index (Phi) is 8.20. The van der Waals surface area contributed by atoms with Gasteiger partial charge in [0.05, 0.1) is 32.4 Å². The summed E-state index contributed by atoms with van der Waals surface area (Å²) >= 11 is 5.27. The molecule has 0 aliphatic rings. The zero-order valence-corrected chi connectivity index (χ0v) is 19.8. The number of hydrogen-bond donors (Lipinski definition) is 2. The Labute approximate surface area is 188 Å². The molecule has 0 spiro atoms. The van der Waals surface area contributed by atoms with Gasteiger partial charge in [-0.05, 0) is 49.0 Å². The van der Waals surface area contributed by atoms with Crippen LogP contribution in [-0.4, -0.2) is 59.5 Å². The van der Waals surface area contributed by atoms with Gasteiger partial charge in [0, 0.05) is 25.3 Å². The fourth-order valence-corrected chi connectivity index (χ4v) is 3.69. The lowest BCUT2D eigenvalue weighted by Gasteiger charge is -2.15. The number of sulfonamides is 1. The van der Waals surface area contributed by atoms with Gasteiger partial charge in [-0.15, -0.1) is 0 Å². The van der Waals surface area contributed by atoms with Crippen LogP contribution in [0.25, 0.3) is 0 Å². The predicted octanol–water partition coefficient (Wildman–Crippen LogP) is 2.59. The maximum Gasteiger partial charge on any atom is 0.242 e. The number of thiocarbonyl (C=S) groups is 1. The molecular formula is C20H26N4O5S2. The number of rotatable bonds is 8. The second kappa shape index (κ2) is 10.4.